The Labute approximate surface area is 283 Å². The van der Waals surface area contributed by atoms with Gasteiger partial charge in [-0.15, -0.1) is 6.58 Å². The Balaban J connectivity index is 4.11. The molecule has 0 rings (SSSR count). The predicted octanol–water partition coefficient (Wildman–Crippen LogP) is 10.9. The van der Waals surface area contributed by atoms with Crippen molar-refractivity contribution in [1.29, 1.82) is 0 Å². The molecule has 0 amide bonds. The number of allylic oxidation sites excluding steroid dienone is 1. The molecular formula is C39H74NO6+. The summed E-state index contributed by atoms with van der Waals surface area (Å²) in [4.78, 5) is 33.1. The van der Waals surface area contributed by atoms with Gasteiger partial charge in [-0.3, -0.25) is 14.4 Å². The van der Waals surface area contributed by atoms with Gasteiger partial charge in [0.25, 0.3) is 0 Å². The van der Waals surface area contributed by atoms with Gasteiger partial charge in [-0.2, -0.15) is 0 Å². The molecular weight excluding hydrogens is 578 g/mol. The minimum Gasteiger partial charge on any atom is -0.481 e. The van der Waals surface area contributed by atoms with Crippen LogP contribution in [0.5, 0.6) is 0 Å². The van der Waals surface area contributed by atoms with Crippen LogP contribution in [0.25, 0.3) is 0 Å². The zero-order valence-corrected chi connectivity index (χ0v) is 29.8. The Kier molecular flexibility index (Phi) is 31.7. The van der Waals surface area contributed by atoms with Crippen molar-refractivity contribution in [3.63, 3.8) is 0 Å². The van der Waals surface area contributed by atoms with E-state index in [0.29, 0.717) is 19.3 Å². The summed E-state index contributed by atoms with van der Waals surface area (Å²) in [6.45, 7) is 7.49. The van der Waals surface area contributed by atoms with E-state index in [4.69, 9.17) is 15.3 Å². The van der Waals surface area contributed by atoms with Crippen molar-refractivity contribution >= 4 is 17.9 Å². The van der Waals surface area contributed by atoms with Crippen molar-refractivity contribution < 1.29 is 34.2 Å². The van der Waals surface area contributed by atoms with Crippen LogP contribution in [0.1, 0.15) is 193 Å². The minimum atomic E-state index is -0.765. The largest absolute Gasteiger partial charge is 0.481 e. The number of nitrogens with zero attached hydrogens (tertiary/aromatic N) is 1. The van der Waals surface area contributed by atoms with Gasteiger partial charge in [0, 0.05) is 19.3 Å². The van der Waals surface area contributed by atoms with Crippen LogP contribution in [0.15, 0.2) is 12.7 Å². The molecule has 0 heterocycles. The molecule has 0 fully saturated rings. The monoisotopic (exact) mass is 653 g/mol. The summed E-state index contributed by atoms with van der Waals surface area (Å²) in [7, 11) is 0. The summed E-state index contributed by atoms with van der Waals surface area (Å²) >= 11 is 0. The molecule has 0 unspecified atom stereocenters. The molecule has 7 heteroatoms. The second-order valence-corrected chi connectivity index (χ2v) is 13.9. The van der Waals surface area contributed by atoms with Crippen molar-refractivity contribution in [3.8, 4) is 0 Å². The van der Waals surface area contributed by atoms with Crippen LogP contribution < -0.4 is 0 Å². The molecule has 7 nitrogen and oxygen atoms in total. The summed E-state index contributed by atoms with van der Waals surface area (Å²) in [6.07, 6.45) is 35.1. The molecule has 3 N–H and O–H groups in total. The third kappa shape index (κ3) is 32.1. The predicted molar refractivity (Wildman–Crippen MR) is 191 cm³/mol. The summed E-state index contributed by atoms with van der Waals surface area (Å²) in [6, 6.07) is 0. The highest BCUT2D eigenvalue weighted by atomic mass is 16.4. The summed E-state index contributed by atoms with van der Waals surface area (Å²) < 4.78 is 0.871. The van der Waals surface area contributed by atoms with E-state index in [9.17, 15) is 14.4 Å². The molecule has 0 atom stereocenters. The van der Waals surface area contributed by atoms with Crippen LogP contribution in [0.3, 0.4) is 0 Å². The zero-order valence-electron chi connectivity index (χ0n) is 29.8. The van der Waals surface area contributed by atoms with Crippen molar-refractivity contribution in [1.82, 2.24) is 0 Å². The van der Waals surface area contributed by atoms with E-state index >= 15 is 0 Å². The maximum Gasteiger partial charge on any atom is 0.303 e. The van der Waals surface area contributed by atoms with E-state index in [1.807, 2.05) is 6.08 Å². The van der Waals surface area contributed by atoms with Gasteiger partial charge in [0.15, 0.2) is 0 Å². The Hall–Kier alpha value is -1.89. The molecule has 270 valence electrons. The Morgan fingerprint density at radius 2 is 0.587 bits per heavy atom. The first-order valence-electron chi connectivity index (χ1n) is 19.4. The number of unbranched alkanes of at least 4 members (excludes halogenated alkanes) is 23. The average Bonchev–Trinajstić information content (AvgIpc) is 3.02. The highest BCUT2D eigenvalue weighted by molar-refractivity contribution is 5.67. The second-order valence-electron chi connectivity index (χ2n) is 13.9. The number of carboxylic acid groups (broad SMARTS) is 3. The number of hydrogen-bond donors (Lipinski definition) is 3. The van der Waals surface area contributed by atoms with Crippen LogP contribution in [0.2, 0.25) is 0 Å². The minimum absolute atomic E-state index is 0.176. The van der Waals surface area contributed by atoms with Gasteiger partial charge in [-0.1, -0.05) is 115 Å². The molecule has 0 aliphatic rings. The Morgan fingerprint density at radius 3 is 0.826 bits per heavy atom. The van der Waals surface area contributed by atoms with Crippen molar-refractivity contribution in [3.05, 3.63) is 12.7 Å². The van der Waals surface area contributed by atoms with E-state index in [-0.39, 0.29) is 19.3 Å². The maximum absolute atomic E-state index is 11.0. The molecule has 0 aromatic carbocycles. The molecule has 0 saturated heterocycles. The molecule has 0 saturated carbocycles. The van der Waals surface area contributed by atoms with E-state index in [0.717, 1.165) is 56.3 Å². The van der Waals surface area contributed by atoms with Crippen LogP contribution in [-0.4, -0.2) is 63.9 Å². The lowest BCUT2D eigenvalue weighted by atomic mass is 10.0. The number of aliphatic carboxylic acids is 3. The SMILES string of the molecule is C=CCCCCCCCCCCCCCCCCCCCCCC[N+](CCCCC(=O)O)(CCCCC(=O)O)CCCCC(=O)O. The van der Waals surface area contributed by atoms with Crippen LogP contribution in [0, 0.1) is 0 Å². The first kappa shape index (κ1) is 44.1. The fraction of sp³-hybridized carbons (Fsp3) is 0.872. The summed E-state index contributed by atoms with van der Waals surface area (Å²) in [5.74, 6) is -2.30. The third-order valence-electron chi connectivity index (χ3n) is 9.61. The third-order valence-corrected chi connectivity index (χ3v) is 9.61. The normalized spacial score (nSPS) is 11.6. The van der Waals surface area contributed by atoms with Crippen LogP contribution >= 0.6 is 0 Å². The fourth-order valence-electron chi connectivity index (χ4n) is 6.76. The zero-order chi connectivity index (χ0) is 34.0. The van der Waals surface area contributed by atoms with E-state index in [1.54, 1.807) is 0 Å². The molecule has 0 bridgehead atoms. The molecule has 0 aliphatic heterocycles. The average molecular weight is 653 g/mol. The first-order valence-corrected chi connectivity index (χ1v) is 19.4. The highest BCUT2D eigenvalue weighted by Crippen LogP contribution is 2.20. The lowest BCUT2D eigenvalue weighted by Crippen LogP contribution is -2.51. The van der Waals surface area contributed by atoms with Gasteiger partial charge in [0.1, 0.15) is 0 Å². The fourth-order valence-corrected chi connectivity index (χ4v) is 6.76. The second kappa shape index (κ2) is 33.0. The molecule has 0 aromatic heterocycles. The van der Waals surface area contributed by atoms with Gasteiger partial charge in [0.05, 0.1) is 26.2 Å². The Bertz CT molecular complexity index is 685. The van der Waals surface area contributed by atoms with Crippen LogP contribution in [0.4, 0.5) is 0 Å². The lowest BCUT2D eigenvalue weighted by Gasteiger charge is -2.39. The summed E-state index contributed by atoms with van der Waals surface area (Å²) in [5.41, 5.74) is 0. The quantitative estimate of drug-likeness (QED) is 0.0347. The van der Waals surface area contributed by atoms with E-state index < -0.39 is 17.9 Å². The maximum atomic E-state index is 11.0. The highest BCUT2D eigenvalue weighted by Gasteiger charge is 2.26. The van der Waals surface area contributed by atoms with Gasteiger partial charge < -0.3 is 19.8 Å². The number of hydrogen-bond acceptors (Lipinski definition) is 3. The van der Waals surface area contributed by atoms with Crippen molar-refractivity contribution in [2.45, 2.75) is 193 Å². The van der Waals surface area contributed by atoms with E-state index in [2.05, 4.69) is 6.58 Å². The van der Waals surface area contributed by atoms with Gasteiger partial charge >= 0.3 is 17.9 Å². The molecule has 0 aromatic rings. The number of quaternary nitrogens is 1. The van der Waals surface area contributed by atoms with Gasteiger partial charge in [-0.25, -0.2) is 0 Å². The number of rotatable bonds is 38. The molecule has 0 spiro atoms. The smallest absolute Gasteiger partial charge is 0.303 e. The summed E-state index contributed by atoms with van der Waals surface area (Å²) in [5, 5.41) is 27.2. The van der Waals surface area contributed by atoms with Gasteiger partial charge in [-0.05, 0) is 64.2 Å². The standard InChI is InChI=1S/C39H73NO6/c1-2-3-4-5-6-7-8-9-10-11-12-13-14-15-16-17-18-19-20-21-22-26-33-40(34-27-23-30-37(41)42,35-28-24-31-38(43)44)36-29-25-32-39(45)46/h2H,1,3-36H2,(H2-,41,42,43,44,45,46)/p+1. The van der Waals surface area contributed by atoms with Crippen molar-refractivity contribution in [2.24, 2.45) is 0 Å². The molecule has 0 aliphatic carbocycles. The topological polar surface area (TPSA) is 112 Å². The van der Waals surface area contributed by atoms with Crippen molar-refractivity contribution in [2.75, 3.05) is 26.2 Å². The number of carbonyl (C=O) groups is 3. The lowest BCUT2D eigenvalue weighted by molar-refractivity contribution is -0.929. The number of carboxylic acids is 3. The molecule has 0 radical (unpaired) electrons. The van der Waals surface area contributed by atoms with Crippen LogP contribution in [-0.2, 0) is 14.4 Å². The Morgan fingerprint density at radius 1 is 0.370 bits per heavy atom. The first-order chi connectivity index (χ1) is 22.3. The van der Waals surface area contributed by atoms with Gasteiger partial charge in [0.2, 0.25) is 0 Å². The van der Waals surface area contributed by atoms with E-state index in [1.165, 1.54) is 128 Å². The molecule has 46 heavy (non-hydrogen) atoms.